The number of hydrogen-bond acceptors (Lipinski definition) is 6. The summed E-state index contributed by atoms with van der Waals surface area (Å²) in [6, 6.07) is -0.569. The minimum atomic E-state index is -0.569. The van der Waals surface area contributed by atoms with Gasteiger partial charge in [-0.3, -0.25) is 24.2 Å². The fraction of sp³-hybridized carbons (Fsp3) is 0.750. The van der Waals surface area contributed by atoms with Crippen LogP contribution in [0.25, 0.3) is 0 Å². The van der Waals surface area contributed by atoms with Crippen LogP contribution in [0.15, 0.2) is 0 Å². The molecule has 2 fully saturated rings. The van der Waals surface area contributed by atoms with Crippen LogP contribution in [0.3, 0.4) is 0 Å². The SMILES string of the molecule is COC(=O)C1COCCN1CC(=O)N1CCCC1=O. The minimum Gasteiger partial charge on any atom is -0.468 e. The van der Waals surface area contributed by atoms with E-state index in [9.17, 15) is 14.4 Å². The van der Waals surface area contributed by atoms with Crippen molar-refractivity contribution in [3.63, 3.8) is 0 Å². The van der Waals surface area contributed by atoms with Gasteiger partial charge >= 0.3 is 5.97 Å². The van der Waals surface area contributed by atoms with E-state index in [0.717, 1.165) is 0 Å². The fourth-order valence-corrected chi connectivity index (χ4v) is 2.35. The Morgan fingerprint density at radius 1 is 1.42 bits per heavy atom. The number of morpholine rings is 1. The first kappa shape index (κ1) is 14.0. The quantitative estimate of drug-likeness (QED) is 0.613. The van der Waals surface area contributed by atoms with Crippen LogP contribution in [-0.4, -0.2) is 73.6 Å². The number of amides is 2. The third-order valence-electron chi connectivity index (χ3n) is 3.43. The molecule has 0 aromatic heterocycles. The van der Waals surface area contributed by atoms with E-state index in [-0.39, 0.29) is 25.0 Å². The van der Waals surface area contributed by atoms with E-state index in [2.05, 4.69) is 0 Å². The predicted octanol–water partition coefficient (Wildman–Crippen LogP) is -0.991. The normalized spacial score (nSPS) is 24.6. The van der Waals surface area contributed by atoms with E-state index in [1.807, 2.05) is 0 Å². The topological polar surface area (TPSA) is 76.2 Å². The molecule has 2 heterocycles. The highest BCUT2D eigenvalue weighted by atomic mass is 16.5. The van der Waals surface area contributed by atoms with Gasteiger partial charge in [0.1, 0.15) is 6.04 Å². The molecule has 0 N–H and O–H groups in total. The molecule has 0 spiro atoms. The average molecular weight is 270 g/mol. The summed E-state index contributed by atoms with van der Waals surface area (Å²) in [5, 5.41) is 0. The number of carbonyl (C=O) groups excluding carboxylic acids is 3. The summed E-state index contributed by atoms with van der Waals surface area (Å²) in [4.78, 5) is 38.1. The maximum Gasteiger partial charge on any atom is 0.325 e. The molecule has 19 heavy (non-hydrogen) atoms. The lowest BCUT2D eigenvalue weighted by molar-refractivity contribution is -0.155. The molecule has 2 aliphatic rings. The van der Waals surface area contributed by atoms with Gasteiger partial charge in [0.15, 0.2) is 0 Å². The number of likely N-dealkylation sites (tertiary alicyclic amines) is 1. The van der Waals surface area contributed by atoms with E-state index in [1.165, 1.54) is 12.0 Å². The standard InChI is InChI=1S/C12H18N2O5/c1-18-12(17)9-8-19-6-5-13(9)7-11(16)14-4-2-3-10(14)15/h9H,2-8H2,1H3. The molecule has 2 aliphatic heterocycles. The molecule has 0 aliphatic carbocycles. The van der Waals surface area contributed by atoms with Crippen LogP contribution >= 0.6 is 0 Å². The van der Waals surface area contributed by atoms with Crippen LogP contribution in [0.1, 0.15) is 12.8 Å². The molecule has 0 radical (unpaired) electrons. The van der Waals surface area contributed by atoms with Crippen molar-refractivity contribution in [3.05, 3.63) is 0 Å². The van der Waals surface area contributed by atoms with E-state index in [0.29, 0.717) is 32.5 Å². The number of hydrogen-bond donors (Lipinski definition) is 0. The molecule has 1 atom stereocenters. The third kappa shape index (κ3) is 3.10. The van der Waals surface area contributed by atoms with Gasteiger partial charge in [-0.2, -0.15) is 0 Å². The molecule has 0 bridgehead atoms. The molecule has 0 aromatic carbocycles. The van der Waals surface area contributed by atoms with Crippen LogP contribution in [0.2, 0.25) is 0 Å². The van der Waals surface area contributed by atoms with Gasteiger partial charge in [0, 0.05) is 19.5 Å². The smallest absolute Gasteiger partial charge is 0.325 e. The Bertz CT molecular complexity index is 384. The fourth-order valence-electron chi connectivity index (χ4n) is 2.35. The summed E-state index contributed by atoms with van der Waals surface area (Å²) in [7, 11) is 1.31. The van der Waals surface area contributed by atoms with Crippen molar-refractivity contribution in [3.8, 4) is 0 Å². The monoisotopic (exact) mass is 270 g/mol. The zero-order valence-corrected chi connectivity index (χ0v) is 11.0. The van der Waals surface area contributed by atoms with E-state index in [1.54, 1.807) is 4.90 Å². The van der Waals surface area contributed by atoms with E-state index >= 15 is 0 Å². The van der Waals surface area contributed by atoms with Crippen molar-refractivity contribution in [2.24, 2.45) is 0 Å². The first-order chi connectivity index (χ1) is 9.13. The Morgan fingerprint density at radius 2 is 2.21 bits per heavy atom. The lowest BCUT2D eigenvalue weighted by Gasteiger charge is -2.33. The highest BCUT2D eigenvalue weighted by Crippen LogP contribution is 2.13. The summed E-state index contributed by atoms with van der Waals surface area (Å²) in [5.74, 6) is -0.800. The zero-order valence-electron chi connectivity index (χ0n) is 11.0. The molecule has 0 saturated carbocycles. The first-order valence-electron chi connectivity index (χ1n) is 6.36. The van der Waals surface area contributed by atoms with Crippen molar-refractivity contribution in [2.75, 3.05) is 40.0 Å². The Balaban J connectivity index is 1.97. The van der Waals surface area contributed by atoms with Gasteiger partial charge in [0.2, 0.25) is 11.8 Å². The largest absolute Gasteiger partial charge is 0.468 e. The Hall–Kier alpha value is -1.47. The van der Waals surface area contributed by atoms with Gasteiger partial charge in [-0.25, -0.2) is 0 Å². The molecular weight excluding hydrogens is 252 g/mol. The van der Waals surface area contributed by atoms with Crippen LogP contribution in [-0.2, 0) is 23.9 Å². The lowest BCUT2D eigenvalue weighted by Crippen LogP contribution is -2.54. The summed E-state index contributed by atoms with van der Waals surface area (Å²) in [5.41, 5.74) is 0. The molecule has 1 unspecified atom stereocenters. The predicted molar refractivity (Wildman–Crippen MR) is 64.2 cm³/mol. The number of ether oxygens (including phenoxy) is 2. The number of carbonyl (C=O) groups is 3. The van der Waals surface area contributed by atoms with Gasteiger partial charge < -0.3 is 9.47 Å². The van der Waals surface area contributed by atoms with Crippen LogP contribution < -0.4 is 0 Å². The second-order valence-electron chi connectivity index (χ2n) is 4.63. The lowest BCUT2D eigenvalue weighted by atomic mass is 10.2. The van der Waals surface area contributed by atoms with Crippen molar-refractivity contribution in [1.82, 2.24) is 9.80 Å². The van der Waals surface area contributed by atoms with E-state index in [4.69, 9.17) is 9.47 Å². The zero-order chi connectivity index (χ0) is 13.8. The van der Waals surface area contributed by atoms with Gasteiger partial charge in [-0.05, 0) is 6.42 Å². The highest BCUT2D eigenvalue weighted by molar-refractivity contribution is 5.97. The van der Waals surface area contributed by atoms with Gasteiger partial charge in [-0.1, -0.05) is 0 Å². The number of esters is 1. The molecule has 7 heteroatoms. The molecule has 2 amide bonds. The highest BCUT2D eigenvalue weighted by Gasteiger charge is 2.34. The second-order valence-corrected chi connectivity index (χ2v) is 4.63. The Morgan fingerprint density at radius 3 is 2.84 bits per heavy atom. The van der Waals surface area contributed by atoms with Crippen LogP contribution in [0, 0.1) is 0 Å². The summed E-state index contributed by atoms with van der Waals surface area (Å²) >= 11 is 0. The number of nitrogens with zero attached hydrogens (tertiary/aromatic N) is 2. The van der Waals surface area contributed by atoms with Crippen LogP contribution in [0.4, 0.5) is 0 Å². The molecule has 106 valence electrons. The number of rotatable bonds is 3. The maximum absolute atomic E-state index is 12.1. The second kappa shape index (κ2) is 6.12. The van der Waals surface area contributed by atoms with Gasteiger partial charge in [0.25, 0.3) is 0 Å². The molecule has 7 nitrogen and oxygen atoms in total. The van der Waals surface area contributed by atoms with Crippen LogP contribution in [0.5, 0.6) is 0 Å². The summed E-state index contributed by atoms with van der Waals surface area (Å²) in [6.45, 7) is 1.69. The summed E-state index contributed by atoms with van der Waals surface area (Å²) < 4.78 is 9.92. The number of imide groups is 1. The molecule has 2 rings (SSSR count). The maximum atomic E-state index is 12.1. The van der Waals surface area contributed by atoms with Crippen molar-refractivity contribution in [2.45, 2.75) is 18.9 Å². The van der Waals surface area contributed by atoms with Gasteiger partial charge in [0.05, 0.1) is 26.9 Å². The van der Waals surface area contributed by atoms with Crippen molar-refractivity contribution >= 4 is 17.8 Å². The van der Waals surface area contributed by atoms with Gasteiger partial charge in [-0.15, -0.1) is 0 Å². The third-order valence-corrected chi connectivity index (χ3v) is 3.43. The number of methoxy groups -OCH3 is 1. The molecule has 0 aromatic rings. The molecular formula is C12H18N2O5. The minimum absolute atomic E-state index is 0.0505. The van der Waals surface area contributed by atoms with Crippen molar-refractivity contribution < 1.29 is 23.9 Å². The molecule has 2 saturated heterocycles. The summed E-state index contributed by atoms with van der Waals surface area (Å²) in [6.07, 6.45) is 1.14. The Labute approximate surface area is 111 Å². The first-order valence-corrected chi connectivity index (χ1v) is 6.36. The van der Waals surface area contributed by atoms with E-state index < -0.39 is 12.0 Å². The van der Waals surface area contributed by atoms with Crippen molar-refractivity contribution in [1.29, 1.82) is 0 Å². The average Bonchev–Trinajstić information content (AvgIpc) is 2.85. The Kier molecular flexibility index (Phi) is 4.49.